The molecular weight excluding hydrogens is 456 g/mol. The van der Waals surface area contributed by atoms with Crippen LogP contribution in [0.2, 0.25) is 0 Å². The van der Waals surface area contributed by atoms with E-state index in [1.54, 1.807) is 6.07 Å². The minimum Gasteiger partial charge on any atom is -0.489 e. The highest BCUT2D eigenvalue weighted by atomic mass is 32.1. The lowest BCUT2D eigenvalue weighted by atomic mass is 10.0. The van der Waals surface area contributed by atoms with Crippen molar-refractivity contribution in [3.63, 3.8) is 0 Å². The number of carboxylic acids is 1. The van der Waals surface area contributed by atoms with Crippen LogP contribution in [-0.2, 0) is 19.6 Å². The van der Waals surface area contributed by atoms with Crippen LogP contribution in [0.5, 0.6) is 5.75 Å². The molecule has 5 aromatic rings. The molecule has 0 aliphatic rings. The molecule has 0 saturated heterocycles. The van der Waals surface area contributed by atoms with Crippen molar-refractivity contribution >= 4 is 28.2 Å². The summed E-state index contributed by atoms with van der Waals surface area (Å²) < 4.78 is 8.41. The van der Waals surface area contributed by atoms with Crippen LogP contribution in [0.1, 0.15) is 25.7 Å². The number of hydrogen-bond acceptors (Lipinski definition) is 4. The van der Waals surface area contributed by atoms with Gasteiger partial charge >= 0.3 is 5.97 Å². The molecule has 0 unspecified atom stereocenters. The highest BCUT2D eigenvalue weighted by Crippen LogP contribution is 2.30. The average molecular weight is 483 g/mol. The van der Waals surface area contributed by atoms with E-state index >= 15 is 0 Å². The van der Waals surface area contributed by atoms with Gasteiger partial charge in [-0.15, -0.1) is 11.3 Å². The Hall–Kier alpha value is -3.87. The fourth-order valence-corrected chi connectivity index (χ4v) is 5.22. The summed E-state index contributed by atoms with van der Waals surface area (Å²) in [5, 5.41) is 10.3. The van der Waals surface area contributed by atoms with Gasteiger partial charge in [0.15, 0.2) is 0 Å². The number of benzene rings is 3. The molecule has 3 N–H and O–H groups in total. The first-order valence-corrected chi connectivity index (χ1v) is 12.3. The van der Waals surface area contributed by atoms with E-state index in [2.05, 4.69) is 47.2 Å². The van der Waals surface area contributed by atoms with Crippen LogP contribution >= 0.6 is 11.3 Å². The number of nitrogens with zero attached hydrogens (tertiary/aromatic N) is 1. The van der Waals surface area contributed by atoms with Crippen LogP contribution in [0, 0.1) is 0 Å². The summed E-state index contributed by atoms with van der Waals surface area (Å²) in [6.07, 6.45) is 2.88. The van der Waals surface area contributed by atoms with Gasteiger partial charge < -0.3 is 20.1 Å². The molecule has 5 nitrogen and oxygen atoms in total. The molecule has 0 atom stereocenters. The van der Waals surface area contributed by atoms with Crippen LogP contribution in [0.4, 0.5) is 0 Å². The zero-order chi connectivity index (χ0) is 24.2. The molecule has 0 amide bonds. The second-order valence-corrected chi connectivity index (χ2v) is 9.55. The quantitative estimate of drug-likeness (QED) is 0.262. The van der Waals surface area contributed by atoms with Crippen molar-refractivity contribution in [1.82, 2.24) is 4.57 Å². The lowest BCUT2D eigenvalue weighted by Gasteiger charge is -2.12. The second kappa shape index (κ2) is 10.2. The summed E-state index contributed by atoms with van der Waals surface area (Å²) in [6, 6.07) is 28.3. The zero-order valence-electron chi connectivity index (χ0n) is 19.2. The van der Waals surface area contributed by atoms with E-state index in [4.69, 9.17) is 10.5 Å². The predicted octanol–water partition coefficient (Wildman–Crippen LogP) is 6.20. The molecular formula is C29H26N2O3S. The van der Waals surface area contributed by atoms with Gasteiger partial charge in [-0.3, -0.25) is 0 Å². The van der Waals surface area contributed by atoms with Crippen molar-refractivity contribution in [2.45, 2.75) is 19.6 Å². The third-order valence-corrected chi connectivity index (χ3v) is 7.10. The van der Waals surface area contributed by atoms with Gasteiger partial charge in [0.05, 0.1) is 6.54 Å². The Balaban J connectivity index is 1.41. The van der Waals surface area contributed by atoms with Crippen LogP contribution in [-0.4, -0.2) is 22.2 Å². The molecule has 0 saturated carbocycles. The van der Waals surface area contributed by atoms with Crippen molar-refractivity contribution in [1.29, 1.82) is 0 Å². The van der Waals surface area contributed by atoms with Crippen molar-refractivity contribution in [3.05, 3.63) is 112 Å². The van der Waals surface area contributed by atoms with E-state index in [9.17, 15) is 9.90 Å². The van der Waals surface area contributed by atoms with E-state index in [0.717, 1.165) is 39.1 Å². The van der Waals surface area contributed by atoms with Gasteiger partial charge in [0.25, 0.3) is 0 Å². The Labute approximate surface area is 208 Å². The van der Waals surface area contributed by atoms with Crippen LogP contribution in [0.25, 0.3) is 22.0 Å². The predicted molar refractivity (Wildman–Crippen MR) is 141 cm³/mol. The summed E-state index contributed by atoms with van der Waals surface area (Å²) in [5.41, 5.74) is 11.6. The molecule has 3 aromatic carbocycles. The van der Waals surface area contributed by atoms with Crippen molar-refractivity contribution in [2.75, 3.05) is 6.54 Å². The van der Waals surface area contributed by atoms with Gasteiger partial charge in [0.2, 0.25) is 0 Å². The molecule has 5 rings (SSSR count). The highest BCUT2D eigenvalue weighted by Gasteiger charge is 2.13. The van der Waals surface area contributed by atoms with E-state index in [1.165, 1.54) is 22.5 Å². The van der Waals surface area contributed by atoms with Crippen LogP contribution < -0.4 is 10.5 Å². The molecule has 0 radical (unpaired) electrons. The number of ether oxygens (including phenoxy) is 1. The van der Waals surface area contributed by atoms with Crippen molar-refractivity contribution in [2.24, 2.45) is 5.73 Å². The molecule has 35 heavy (non-hydrogen) atoms. The Morgan fingerprint density at radius 2 is 1.74 bits per heavy atom. The fraction of sp³-hybridized carbons (Fsp3) is 0.138. The first-order chi connectivity index (χ1) is 17.1. The minimum atomic E-state index is -0.891. The van der Waals surface area contributed by atoms with Gasteiger partial charge in [-0.25, -0.2) is 4.79 Å². The van der Waals surface area contributed by atoms with E-state index in [0.29, 0.717) is 24.6 Å². The monoisotopic (exact) mass is 482 g/mol. The maximum atomic E-state index is 11.2. The number of nitrogens with two attached hydrogens (primary N) is 1. The Morgan fingerprint density at radius 3 is 2.51 bits per heavy atom. The molecule has 2 aromatic heterocycles. The number of hydrogen-bond donors (Lipinski definition) is 2. The number of fused-ring (bicyclic) bond motifs is 1. The molecule has 2 heterocycles. The van der Waals surface area contributed by atoms with Crippen molar-refractivity contribution < 1.29 is 14.6 Å². The summed E-state index contributed by atoms with van der Waals surface area (Å²) in [7, 11) is 0. The fourth-order valence-electron chi connectivity index (χ4n) is 4.38. The van der Waals surface area contributed by atoms with Gasteiger partial charge in [-0.1, -0.05) is 54.6 Å². The molecule has 0 spiro atoms. The number of carbonyl (C=O) groups is 1. The highest BCUT2D eigenvalue weighted by molar-refractivity contribution is 7.13. The molecule has 176 valence electrons. The van der Waals surface area contributed by atoms with E-state index in [-0.39, 0.29) is 0 Å². The smallest absolute Gasteiger partial charge is 0.345 e. The topological polar surface area (TPSA) is 77.5 Å². The standard InChI is InChI=1S/C29H26N2O3S/c30-15-14-21-17-31(18-24-11-13-28(35-24)29(32)33)27-12-10-23(16-26(21)27)34-19-22-8-4-5-9-25(22)20-6-2-1-3-7-20/h1-13,16-17H,14-15,18-19,30H2,(H,32,33). The first-order valence-electron chi connectivity index (χ1n) is 11.5. The number of rotatable bonds is 9. The average Bonchev–Trinajstić information content (AvgIpc) is 3.49. The third-order valence-electron chi connectivity index (χ3n) is 6.04. The minimum absolute atomic E-state index is 0.352. The molecule has 6 heteroatoms. The van der Waals surface area contributed by atoms with Gasteiger partial charge in [0.1, 0.15) is 17.2 Å². The summed E-state index contributed by atoms with van der Waals surface area (Å²) in [6.45, 7) is 1.64. The Bertz CT molecular complexity index is 1470. The lowest BCUT2D eigenvalue weighted by molar-refractivity contribution is 0.0702. The number of aromatic nitrogens is 1. The van der Waals surface area contributed by atoms with E-state index < -0.39 is 5.97 Å². The number of thiophene rings is 1. The van der Waals surface area contributed by atoms with Crippen LogP contribution in [0.3, 0.4) is 0 Å². The second-order valence-electron chi connectivity index (χ2n) is 8.38. The van der Waals surface area contributed by atoms with Gasteiger partial charge in [-0.05, 0) is 65.6 Å². The molecule has 0 bridgehead atoms. The molecule has 0 aliphatic carbocycles. The van der Waals surface area contributed by atoms with E-state index in [1.807, 2.05) is 42.5 Å². The lowest BCUT2D eigenvalue weighted by Crippen LogP contribution is -2.02. The maximum Gasteiger partial charge on any atom is 0.345 e. The van der Waals surface area contributed by atoms with Crippen molar-refractivity contribution in [3.8, 4) is 16.9 Å². The maximum absolute atomic E-state index is 11.2. The van der Waals surface area contributed by atoms with Crippen LogP contribution in [0.15, 0.2) is 91.1 Å². The number of aromatic carboxylic acids is 1. The van der Waals surface area contributed by atoms with Gasteiger partial charge in [-0.2, -0.15) is 0 Å². The van der Waals surface area contributed by atoms with Gasteiger partial charge in [0, 0.05) is 22.0 Å². The summed E-state index contributed by atoms with van der Waals surface area (Å²) in [4.78, 5) is 12.6. The Morgan fingerprint density at radius 1 is 0.943 bits per heavy atom. The largest absolute Gasteiger partial charge is 0.489 e. The first kappa shape index (κ1) is 22.9. The molecule has 0 fully saturated rings. The molecule has 0 aliphatic heterocycles. The SMILES string of the molecule is NCCc1cn(Cc2ccc(C(=O)O)s2)c2ccc(OCc3ccccc3-c3ccccc3)cc12. The zero-order valence-corrected chi connectivity index (χ0v) is 20.0. The Kier molecular flexibility index (Phi) is 6.66. The summed E-state index contributed by atoms with van der Waals surface area (Å²) in [5.74, 6) is -0.0845. The normalized spacial score (nSPS) is 11.1. The third kappa shape index (κ3) is 4.99. The summed E-state index contributed by atoms with van der Waals surface area (Å²) >= 11 is 1.31. The number of carboxylic acid groups (broad SMARTS) is 1.